The Bertz CT molecular complexity index is 420. The fourth-order valence-electron chi connectivity index (χ4n) is 1.38. The molecule has 2 aromatic rings. The van der Waals surface area contributed by atoms with Gasteiger partial charge < -0.3 is 4.42 Å². The summed E-state index contributed by atoms with van der Waals surface area (Å²) in [6.45, 7) is 4.26. The van der Waals surface area contributed by atoms with Gasteiger partial charge in [0, 0.05) is 12.0 Å². The van der Waals surface area contributed by atoms with Crippen molar-refractivity contribution in [1.82, 2.24) is 10.2 Å². The van der Waals surface area contributed by atoms with Crippen LogP contribution in [0.5, 0.6) is 0 Å². The Morgan fingerprint density at radius 1 is 1.13 bits per heavy atom. The van der Waals surface area contributed by atoms with E-state index in [2.05, 4.69) is 24.0 Å². The van der Waals surface area contributed by atoms with E-state index >= 15 is 0 Å². The third kappa shape index (κ3) is 2.43. The Balaban J connectivity index is 2.21. The van der Waals surface area contributed by atoms with Gasteiger partial charge in [0.25, 0.3) is 0 Å². The van der Waals surface area contributed by atoms with E-state index in [4.69, 9.17) is 4.42 Å². The molecule has 0 amide bonds. The molecule has 3 heteroatoms. The van der Waals surface area contributed by atoms with Crippen LogP contribution in [0.3, 0.4) is 0 Å². The average Bonchev–Trinajstić information content (AvgIpc) is 2.67. The first-order valence-corrected chi connectivity index (χ1v) is 5.13. The number of benzene rings is 1. The average molecular weight is 202 g/mol. The van der Waals surface area contributed by atoms with Gasteiger partial charge in [0.1, 0.15) is 0 Å². The molecule has 15 heavy (non-hydrogen) atoms. The summed E-state index contributed by atoms with van der Waals surface area (Å²) < 4.78 is 5.56. The van der Waals surface area contributed by atoms with Crippen LogP contribution in [0.25, 0.3) is 11.5 Å². The van der Waals surface area contributed by atoms with Crippen molar-refractivity contribution in [1.29, 1.82) is 0 Å². The van der Waals surface area contributed by atoms with Crippen molar-refractivity contribution in [2.24, 2.45) is 5.92 Å². The van der Waals surface area contributed by atoms with Crippen molar-refractivity contribution in [3.05, 3.63) is 36.2 Å². The summed E-state index contributed by atoms with van der Waals surface area (Å²) in [5.41, 5.74) is 0.972. The van der Waals surface area contributed by atoms with Crippen LogP contribution in [-0.4, -0.2) is 10.2 Å². The largest absolute Gasteiger partial charge is 0.421 e. The Morgan fingerprint density at radius 3 is 2.53 bits per heavy atom. The van der Waals surface area contributed by atoms with Gasteiger partial charge in [0.2, 0.25) is 11.8 Å². The fraction of sp³-hybridized carbons (Fsp3) is 0.333. The first-order chi connectivity index (χ1) is 7.25. The highest BCUT2D eigenvalue weighted by Gasteiger charge is 2.08. The molecule has 0 saturated heterocycles. The predicted molar refractivity (Wildman–Crippen MR) is 58.3 cm³/mol. The van der Waals surface area contributed by atoms with Crippen LogP contribution in [0.4, 0.5) is 0 Å². The first-order valence-electron chi connectivity index (χ1n) is 5.13. The van der Waals surface area contributed by atoms with Crippen LogP contribution in [0.1, 0.15) is 19.7 Å². The molecule has 0 fully saturated rings. The van der Waals surface area contributed by atoms with Crippen molar-refractivity contribution in [2.45, 2.75) is 20.3 Å². The maximum absolute atomic E-state index is 5.56. The van der Waals surface area contributed by atoms with Gasteiger partial charge >= 0.3 is 0 Å². The topological polar surface area (TPSA) is 38.9 Å². The van der Waals surface area contributed by atoms with E-state index < -0.39 is 0 Å². The summed E-state index contributed by atoms with van der Waals surface area (Å²) >= 11 is 0. The molecule has 3 nitrogen and oxygen atoms in total. The van der Waals surface area contributed by atoms with E-state index in [1.54, 1.807) is 0 Å². The molecule has 0 atom stereocenters. The summed E-state index contributed by atoms with van der Waals surface area (Å²) in [7, 11) is 0. The summed E-state index contributed by atoms with van der Waals surface area (Å²) in [6, 6.07) is 9.82. The van der Waals surface area contributed by atoms with E-state index in [-0.39, 0.29) is 0 Å². The normalized spacial score (nSPS) is 10.9. The molecular formula is C12H14N2O. The van der Waals surface area contributed by atoms with Crippen molar-refractivity contribution in [2.75, 3.05) is 0 Å². The molecule has 2 rings (SSSR count). The SMILES string of the molecule is CC(C)Cc1nnc(-c2ccccc2)o1. The van der Waals surface area contributed by atoms with Crippen molar-refractivity contribution >= 4 is 0 Å². The standard InChI is InChI=1S/C12H14N2O/c1-9(2)8-11-13-14-12(15-11)10-6-4-3-5-7-10/h3-7,9H,8H2,1-2H3. The van der Waals surface area contributed by atoms with Gasteiger partial charge in [-0.15, -0.1) is 10.2 Å². The van der Waals surface area contributed by atoms with Gasteiger partial charge in [0.05, 0.1) is 0 Å². The number of rotatable bonds is 3. The molecule has 0 bridgehead atoms. The minimum Gasteiger partial charge on any atom is -0.421 e. The zero-order valence-corrected chi connectivity index (χ0v) is 8.97. The van der Waals surface area contributed by atoms with Crippen LogP contribution in [0.2, 0.25) is 0 Å². The molecule has 0 radical (unpaired) electrons. The zero-order valence-electron chi connectivity index (χ0n) is 8.97. The van der Waals surface area contributed by atoms with Gasteiger partial charge in [-0.05, 0) is 18.1 Å². The number of hydrogen-bond donors (Lipinski definition) is 0. The fourth-order valence-corrected chi connectivity index (χ4v) is 1.38. The van der Waals surface area contributed by atoms with E-state index in [1.165, 1.54) is 0 Å². The Hall–Kier alpha value is -1.64. The lowest BCUT2D eigenvalue weighted by molar-refractivity contribution is 0.466. The number of aromatic nitrogens is 2. The Labute approximate surface area is 89.2 Å². The minimum atomic E-state index is 0.536. The second-order valence-electron chi connectivity index (χ2n) is 3.96. The number of hydrogen-bond acceptors (Lipinski definition) is 3. The van der Waals surface area contributed by atoms with Crippen LogP contribution in [0.15, 0.2) is 34.7 Å². The highest BCUT2D eigenvalue weighted by Crippen LogP contribution is 2.18. The van der Waals surface area contributed by atoms with Crippen LogP contribution in [0, 0.1) is 5.92 Å². The van der Waals surface area contributed by atoms with Crippen molar-refractivity contribution < 1.29 is 4.42 Å². The lowest BCUT2D eigenvalue weighted by Crippen LogP contribution is -1.93. The third-order valence-corrected chi connectivity index (χ3v) is 2.07. The van der Waals surface area contributed by atoms with Crippen LogP contribution in [-0.2, 0) is 6.42 Å². The van der Waals surface area contributed by atoms with E-state index in [1.807, 2.05) is 30.3 Å². The lowest BCUT2D eigenvalue weighted by Gasteiger charge is -1.97. The molecular weight excluding hydrogens is 188 g/mol. The molecule has 0 aliphatic carbocycles. The highest BCUT2D eigenvalue weighted by molar-refractivity contribution is 5.51. The molecule has 1 heterocycles. The maximum Gasteiger partial charge on any atom is 0.247 e. The summed E-state index contributed by atoms with van der Waals surface area (Å²) in [6.07, 6.45) is 0.833. The van der Waals surface area contributed by atoms with Crippen molar-refractivity contribution in [3.63, 3.8) is 0 Å². The van der Waals surface area contributed by atoms with Gasteiger partial charge in [-0.25, -0.2) is 0 Å². The molecule has 78 valence electrons. The first kappa shape index (κ1) is 9.90. The smallest absolute Gasteiger partial charge is 0.247 e. The predicted octanol–water partition coefficient (Wildman–Crippen LogP) is 2.94. The zero-order chi connectivity index (χ0) is 10.7. The molecule has 0 aliphatic heterocycles. The van der Waals surface area contributed by atoms with E-state index in [0.717, 1.165) is 12.0 Å². The van der Waals surface area contributed by atoms with Crippen LogP contribution < -0.4 is 0 Å². The van der Waals surface area contributed by atoms with E-state index in [9.17, 15) is 0 Å². The lowest BCUT2D eigenvalue weighted by atomic mass is 10.1. The molecule has 0 aliphatic rings. The van der Waals surface area contributed by atoms with Gasteiger partial charge in [-0.1, -0.05) is 32.0 Å². The van der Waals surface area contributed by atoms with Gasteiger partial charge in [-0.3, -0.25) is 0 Å². The molecule has 0 unspecified atom stereocenters. The quantitative estimate of drug-likeness (QED) is 0.768. The molecule has 1 aromatic carbocycles. The monoisotopic (exact) mass is 202 g/mol. The summed E-state index contributed by atoms with van der Waals surface area (Å²) in [4.78, 5) is 0. The molecule has 1 aromatic heterocycles. The summed E-state index contributed by atoms with van der Waals surface area (Å²) in [5.74, 6) is 1.85. The Morgan fingerprint density at radius 2 is 1.87 bits per heavy atom. The van der Waals surface area contributed by atoms with Crippen LogP contribution >= 0.6 is 0 Å². The van der Waals surface area contributed by atoms with Gasteiger partial charge in [0.15, 0.2) is 0 Å². The number of nitrogens with zero attached hydrogens (tertiary/aromatic N) is 2. The second kappa shape index (κ2) is 4.26. The highest BCUT2D eigenvalue weighted by atomic mass is 16.4. The molecule has 0 N–H and O–H groups in total. The second-order valence-corrected chi connectivity index (χ2v) is 3.96. The third-order valence-electron chi connectivity index (χ3n) is 2.07. The minimum absolute atomic E-state index is 0.536. The summed E-state index contributed by atoms with van der Waals surface area (Å²) in [5, 5.41) is 8.04. The van der Waals surface area contributed by atoms with Gasteiger partial charge in [-0.2, -0.15) is 0 Å². The van der Waals surface area contributed by atoms with Crippen molar-refractivity contribution in [3.8, 4) is 11.5 Å². The molecule has 0 spiro atoms. The van der Waals surface area contributed by atoms with E-state index in [0.29, 0.717) is 17.7 Å². The Kier molecular flexibility index (Phi) is 2.81. The molecule has 0 saturated carbocycles. The maximum atomic E-state index is 5.56.